The normalized spacial score (nSPS) is 15.5. The number of ether oxygens (including phenoxy) is 1. The first-order valence-corrected chi connectivity index (χ1v) is 18.8. The number of benzene rings is 4. The maximum atomic E-state index is 14.2. The molecule has 0 aliphatic carbocycles. The number of sulfone groups is 1. The number of nitrogens with zero attached hydrogens (tertiary/aromatic N) is 3. The molecule has 12 nitrogen and oxygen atoms in total. The zero-order chi connectivity index (χ0) is 37.3. The lowest BCUT2D eigenvalue weighted by Crippen LogP contribution is -2.67. The van der Waals surface area contributed by atoms with Gasteiger partial charge in [0, 0.05) is 37.0 Å². The fourth-order valence-corrected chi connectivity index (χ4v) is 7.13. The van der Waals surface area contributed by atoms with Gasteiger partial charge in [-0.25, -0.2) is 8.42 Å². The third-order valence-corrected chi connectivity index (χ3v) is 10.4. The minimum Gasteiger partial charge on any atom is -0.494 e. The van der Waals surface area contributed by atoms with E-state index in [0.29, 0.717) is 41.5 Å². The lowest BCUT2D eigenvalue weighted by Gasteiger charge is -2.31. The van der Waals surface area contributed by atoms with Gasteiger partial charge in [-0.15, -0.1) is 5.10 Å². The second-order valence-electron chi connectivity index (χ2n) is 12.3. The third kappa shape index (κ3) is 8.78. The highest BCUT2D eigenvalue weighted by Gasteiger charge is 2.54. The molecule has 1 heterocycles. The van der Waals surface area contributed by atoms with Crippen molar-refractivity contribution in [2.24, 2.45) is 5.10 Å². The van der Waals surface area contributed by atoms with Gasteiger partial charge in [0.2, 0.25) is 5.91 Å². The monoisotopic (exact) mass is 724 g/mol. The highest BCUT2D eigenvalue weighted by atomic mass is 32.2. The number of carbonyl (C=O) groups is 3. The second kappa shape index (κ2) is 16.6. The highest BCUT2D eigenvalue weighted by molar-refractivity contribution is 7.91. The molecule has 0 saturated heterocycles. The fourth-order valence-electron chi connectivity index (χ4n) is 5.75. The van der Waals surface area contributed by atoms with E-state index in [0.717, 1.165) is 29.3 Å². The number of anilines is 3. The van der Waals surface area contributed by atoms with Crippen molar-refractivity contribution in [2.75, 3.05) is 40.7 Å². The quantitative estimate of drug-likeness (QED) is 0.107. The summed E-state index contributed by atoms with van der Waals surface area (Å²) in [4.78, 5) is 43.0. The third-order valence-electron chi connectivity index (χ3n) is 8.57. The summed E-state index contributed by atoms with van der Waals surface area (Å²) < 4.78 is 31.0. The molecule has 0 saturated carbocycles. The predicted octanol–water partition coefficient (Wildman–Crippen LogP) is 5.51. The maximum absolute atomic E-state index is 14.2. The van der Waals surface area contributed by atoms with Crippen molar-refractivity contribution < 1.29 is 27.5 Å². The van der Waals surface area contributed by atoms with Crippen molar-refractivity contribution >= 4 is 50.5 Å². The summed E-state index contributed by atoms with van der Waals surface area (Å²) in [6, 6.07) is 29.4. The van der Waals surface area contributed by atoms with Gasteiger partial charge in [-0.2, -0.15) is 5.01 Å². The van der Waals surface area contributed by atoms with E-state index < -0.39 is 33.2 Å². The van der Waals surface area contributed by atoms with Crippen LogP contribution in [0.1, 0.15) is 49.5 Å². The van der Waals surface area contributed by atoms with Crippen molar-refractivity contribution in [1.82, 2.24) is 10.6 Å². The number of hydrazone groups is 1. The Morgan fingerprint density at radius 3 is 2.13 bits per heavy atom. The Balaban J connectivity index is 1.29. The molecule has 1 unspecified atom stereocenters. The van der Waals surface area contributed by atoms with E-state index in [1.165, 1.54) is 6.92 Å². The number of para-hydroxylation sites is 1. The van der Waals surface area contributed by atoms with E-state index in [2.05, 4.69) is 39.8 Å². The number of hydrogen-bond acceptors (Lipinski definition) is 9. The first-order chi connectivity index (χ1) is 25.0. The number of amides is 3. The van der Waals surface area contributed by atoms with Crippen LogP contribution in [0.2, 0.25) is 0 Å². The molecule has 0 spiro atoms. The van der Waals surface area contributed by atoms with Gasteiger partial charge in [-0.3, -0.25) is 14.4 Å². The molecule has 0 fully saturated rings. The lowest BCUT2D eigenvalue weighted by atomic mass is 10.1. The smallest absolute Gasteiger partial charge is 0.302 e. The van der Waals surface area contributed by atoms with Gasteiger partial charge in [0.15, 0.2) is 15.7 Å². The van der Waals surface area contributed by atoms with Gasteiger partial charge in [0.1, 0.15) is 5.75 Å². The Labute approximate surface area is 304 Å². The summed E-state index contributed by atoms with van der Waals surface area (Å²) in [5.41, 5.74) is 1.27. The summed E-state index contributed by atoms with van der Waals surface area (Å²) in [5.74, 6) is -1.30. The van der Waals surface area contributed by atoms with Crippen LogP contribution in [0.15, 0.2) is 113 Å². The molecule has 4 aromatic rings. The Kier molecular flexibility index (Phi) is 12.0. The van der Waals surface area contributed by atoms with E-state index in [9.17, 15) is 22.8 Å². The highest BCUT2D eigenvalue weighted by Crippen LogP contribution is 2.29. The molecule has 0 aromatic heterocycles. The summed E-state index contributed by atoms with van der Waals surface area (Å²) >= 11 is 0. The number of carbonyl (C=O) groups excluding carboxylic acids is 3. The van der Waals surface area contributed by atoms with E-state index in [1.54, 1.807) is 91.0 Å². The molecule has 52 heavy (non-hydrogen) atoms. The molecule has 1 aliphatic rings. The zero-order valence-corrected chi connectivity index (χ0v) is 30.6. The Bertz CT molecular complexity index is 2000. The molecule has 5 rings (SSSR count). The van der Waals surface area contributed by atoms with E-state index in [4.69, 9.17) is 4.74 Å². The van der Waals surface area contributed by atoms with E-state index >= 15 is 0 Å². The first-order valence-electron chi connectivity index (χ1n) is 17.2. The Hall–Kier alpha value is -5.69. The number of aryl methyl sites for hydroxylation is 1. The van der Waals surface area contributed by atoms with Crippen molar-refractivity contribution in [1.29, 1.82) is 0 Å². The topological polar surface area (TPSA) is 150 Å². The molecular formula is C39H44N6O6S. The van der Waals surface area contributed by atoms with E-state index in [-0.39, 0.29) is 17.2 Å². The molecular weight excluding hydrogens is 681 g/mol. The van der Waals surface area contributed by atoms with Crippen molar-refractivity contribution in [3.05, 3.63) is 114 Å². The van der Waals surface area contributed by atoms with E-state index in [1.807, 2.05) is 19.1 Å². The van der Waals surface area contributed by atoms with Crippen LogP contribution in [0.4, 0.5) is 17.1 Å². The van der Waals surface area contributed by atoms with Crippen LogP contribution in [-0.2, 0) is 19.4 Å². The molecule has 0 radical (unpaired) electrons. The van der Waals surface area contributed by atoms with Crippen LogP contribution in [0.25, 0.3) is 0 Å². The van der Waals surface area contributed by atoms with Gasteiger partial charge >= 0.3 is 5.91 Å². The van der Waals surface area contributed by atoms with Gasteiger partial charge in [-0.05, 0) is 106 Å². The summed E-state index contributed by atoms with van der Waals surface area (Å²) in [6.07, 6.45) is 0.956. The van der Waals surface area contributed by atoms with Crippen LogP contribution in [0.3, 0.4) is 0 Å². The van der Waals surface area contributed by atoms with Gasteiger partial charge in [0.25, 0.3) is 11.6 Å². The summed E-state index contributed by atoms with van der Waals surface area (Å²) in [7, 11) is -3.37. The molecule has 13 heteroatoms. The molecule has 4 aromatic carbocycles. The molecule has 1 aliphatic heterocycles. The second-order valence-corrected chi connectivity index (χ2v) is 14.5. The standard InChI is InChI=1S/C39H44N6O6S/c1-5-44(6-2)32-20-18-31(19-21-32)42-39(41-29(4)46)37(43-45(38(39)48)33-12-8-7-9-13-33)40-36(47)30-16-22-34(23-17-30)51-26-10-11-27-52(49,50)35-24-14-28(3)15-25-35/h7-9,12-25,42H,5-6,10-11,26-27H2,1-4H3,(H,41,46)(H,40,43,47). The summed E-state index contributed by atoms with van der Waals surface area (Å²) in [6.45, 7) is 9.26. The Morgan fingerprint density at radius 1 is 0.865 bits per heavy atom. The Morgan fingerprint density at radius 2 is 1.52 bits per heavy atom. The molecule has 3 amide bonds. The fraction of sp³-hybridized carbons (Fsp3) is 0.282. The van der Waals surface area contributed by atoms with Crippen molar-refractivity contribution in [3.8, 4) is 5.75 Å². The van der Waals surface area contributed by atoms with Crippen LogP contribution in [0, 0.1) is 6.92 Å². The predicted molar refractivity (Wildman–Crippen MR) is 203 cm³/mol. The average molecular weight is 725 g/mol. The molecule has 3 N–H and O–H groups in total. The van der Waals surface area contributed by atoms with Gasteiger partial charge in [-0.1, -0.05) is 35.9 Å². The first kappa shape index (κ1) is 37.6. The van der Waals surface area contributed by atoms with Gasteiger partial charge in [0.05, 0.1) is 22.9 Å². The number of amidine groups is 1. The number of unbranched alkanes of at least 4 members (excludes halogenated alkanes) is 1. The minimum atomic E-state index is -3.37. The number of nitrogens with one attached hydrogen (secondary N) is 3. The van der Waals surface area contributed by atoms with Crippen LogP contribution in [0.5, 0.6) is 5.75 Å². The largest absolute Gasteiger partial charge is 0.494 e. The molecule has 272 valence electrons. The summed E-state index contributed by atoms with van der Waals surface area (Å²) in [5, 5.41) is 14.3. The van der Waals surface area contributed by atoms with Crippen LogP contribution < -0.4 is 30.6 Å². The van der Waals surface area contributed by atoms with Gasteiger partial charge < -0.3 is 25.6 Å². The average Bonchev–Trinajstić information content (AvgIpc) is 3.39. The maximum Gasteiger partial charge on any atom is 0.302 e. The SMILES string of the molecule is CCN(CC)c1ccc(NC2(NC(C)=O)C(=O)N(c3ccccc3)N=C2NC(=O)c2ccc(OCCCCS(=O)(=O)c3ccc(C)cc3)cc2)cc1. The molecule has 1 atom stereocenters. The van der Waals surface area contributed by atoms with Crippen molar-refractivity contribution in [2.45, 2.75) is 51.1 Å². The van der Waals surface area contributed by atoms with Crippen LogP contribution >= 0.6 is 0 Å². The number of rotatable bonds is 15. The molecule has 0 bridgehead atoms. The minimum absolute atomic E-state index is 0.0169. The van der Waals surface area contributed by atoms with Crippen molar-refractivity contribution in [3.63, 3.8) is 0 Å². The number of hydrogen-bond donors (Lipinski definition) is 3. The zero-order valence-electron chi connectivity index (χ0n) is 29.8. The van der Waals surface area contributed by atoms with Crippen LogP contribution in [-0.4, -0.2) is 63.1 Å². The lowest BCUT2D eigenvalue weighted by molar-refractivity contribution is -0.127.